The van der Waals surface area contributed by atoms with Gasteiger partial charge in [0, 0.05) is 13.2 Å². The van der Waals surface area contributed by atoms with Crippen LogP contribution in [0.4, 0.5) is 5.69 Å². The molecule has 0 aliphatic heterocycles. The summed E-state index contributed by atoms with van der Waals surface area (Å²) < 4.78 is 6.82. The zero-order chi connectivity index (χ0) is 12.0. The van der Waals surface area contributed by atoms with E-state index in [9.17, 15) is 4.79 Å². The van der Waals surface area contributed by atoms with Gasteiger partial charge in [-0.15, -0.1) is 0 Å². The molecule has 4 nitrogen and oxygen atoms in total. The maximum absolute atomic E-state index is 11.6. The third kappa shape index (κ3) is 3.81. The molecule has 0 fully saturated rings. The Morgan fingerprint density at radius 1 is 1.62 bits per heavy atom. The van der Waals surface area contributed by atoms with Crippen molar-refractivity contribution in [2.45, 2.75) is 13.3 Å². The van der Waals surface area contributed by atoms with E-state index < -0.39 is 0 Å². The number of ether oxygens (including phenoxy) is 1. The number of nitrogens with zero attached hydrogens (tertiary/aromatic N) is 1. The molecule has 90 valence electrons. The molecule has 1 aromatic heterocycles. The molecule has 0 aliphatic carbocycles. The van der Waals surface area contributed by atoms with E-state index in [4.69, 9.17) is 10.5 Å². The van der Waals surface area contributed by atoms with E-state index in [1.165, 1.54) is 0 Å². The van der Waals surface area contributed by atoms with Crippen molar-refractivity contribution in [3.8, 4) is 0 Å². The maximum atomic E-state index is 11.6. The van der Waals surface area contributed by atoms with E-state index in [1.54, 1.807) is 23.9 Å². The van der Waals surface area contributed by atoms with Crippen LogP contribution in [-0.4, -0.2) is 28.6 Å². The normalized spacial score (nSPS) is 10.4. The number of carbonyl (C=O) groups is 1. The number of hydrogen-bond acceptors (Lipinski definition) is 4. The predicted octanol–water partition coefficient (Wildman–Crippen LogP) is 1.91. The Kier molecular flexibility index (Phi) is 5.25. The van der Waals surface area contributed by atoms with Gasteiger partial charge in [0.15, 0.2) is 0 Å². The standard InChI is InChI=1S/C11H18N2O2S/c1-3-16-6-4-5-15-11(14)10-7-9(12)8-13(10)2/h7-8H,3-6,12H2,1-2H3. The number of carbonyl (C=O) groups excluding carboxylic acids is 1. The first-order valence-electron chi connectivity index (χ1n) is 5.32. The summed E-state index contributed by atoms with van der Waals surface area (Å²) in [7, 11) is 1.78. The lowest BCUT2D eigenvalue weighted by Crippen LogP contribution is -2.10. The van der Waals surface area contributed by atoms with Crippen LogP contribution in [0.1, 0.15) is 23.8 Å². The lowest BCUT2D eigenvalue weighted by molar-refractivity contribution is 0.0495. The Balaban J connectivity index is 2.33. The second-order valence-corrected chi connectivity index (χ2v) is 4.85. The summed E-state index contributed by atoms with van der Waals surface area (Å²) in [5, 5.41) is 0. The molecule has 0 aromatic carbocycles. The summed E-state index contributed by atoms with van der Waals surface area (Å²) in [4.78, 5) is 11.6. The van der Waals surface area contributed by atoms with E-state index in [0.717, 1.165) is 17.9 Å². The van der Waals surface area contributed by atoms with Gasteiger partial charge >= 0.3 is 5.97 Å². The van der Waals surface area contributed by atoms with Crippen LogP contribution in [0.2, 0.25) is 0 Å². The minimum absolute atomic E-state index is 0.305. The van der Waals surface area contributed by atoms with Crippen LogP contribution < -0.4 is 5.73 Å². The maximum Gasteiger partial charge on any atom is 0.355 e. The van der Waals surface area contributed by atoms with Crippen LogP contribution in [0.5, 0.6) is 0 Å². The third-order valence-corrected chi connectivity index (χ3v) is 3.09. The van der Waals surface area contributed by atoms with Crippen LogP contribution in [0.25, 0.3) is 0 Å². The number of nitrogen functional groups attached to an aromatic ring is 1. The Labute approximate surface area is 100 Å². The number of aryl methyl sites for hydroxylation is 1. The van der Waals surface area contributed by atoms with Gasteiger partial charge in [0.05, 0.1) is 12.3 Å². The van der Waals surface area contributed by atoms with E-state index in [0.29, 0.717) is 18.0 Å². The molecule has 16 heavy (non-hydrogen) atoms. The van der Waals surface area contributed by atoms with E-state index in [-0.39, 0.29) is 5.97 Å². The average Bonchev–Trinajstić information content (AvgIpc) is 2.57. The smallest absolute Gasteiger partial charge is 0.355 e. The summed E-state index contributed by atoms with van der Waals surface area (Å²) >= 11 is 1.85. The van der Waals surface area contributed by atoms with Gasteiger partial charge in [0.25, 0.3) is 0 Å². The lowest BCUT2D eigenvalue weighted by Gasteiger charge is -2.04. The van der Waals surface area contributed by atoms with Crippen molar-refractivity contribution >= 4 is 23.4 Å². The summed E-state index contributed by atoms with van der Waals surface area (Å²) in [5.74, 6) is 1.82. The van der Waals surface area contributed by atoms with Crippen LogP contribution in [0, 0.1) is 0 Å². The third-order valence-electron chi connectivity index (χ3n) is 2.11. The highest BCUT2D eigenvalue weighted by Gasteiger charge is 2.11. The van der Waals surface area contributed by atoms with Crippen molar-refractivity contribution in [1.29, 1.82) is 0 Å². The van der Waals surface area contributed by atoms with Gasteiger partial charge in [0.1, 0.15) is 5.69 Å². The summed E-state index contributed by atoms with van der Waals surface area (Å²) in [6, 6.07) is 1.63. The van der Waals surface area contributed by atoms with Crippen molar-refractivity contribution < 1.29 is 9.53 Å². The van der Waals surface area contributed by atoms with Gasteiger partial charge in [-0.1, -0.05) is 6.92 Å². The van der Waals surface area contributed by atoms with Crippen molar-refractivity contribution in [2.75, 3.05) is 23.8 Å². The molecule has 1 heterocycles. The topological polar surface area (TPSA) is 57.2 Å². The Hall–Kier alpha value is -1.10. The van der Waals surface area contributed by atoms with Gasteiger partial charge in [0.2, 0.25) is 0 Å². The Morgan fingerprint density at radius 3 is 2.94 bits per heavy atom. The van der Waals surface area contributed by atoms with Gasteiger partial charge in [-0.3, -0.25) is 0 Å². The molecule has 0 saturated carbocycles. The predicted molar refractivity (Wildman–Crippen MR) is 67.7 cm³/mol. The molecule has 0 aliphatic rings. The minimum atomic E-state index is -0.305. The van der Waals surface area contributed by atoms with Gasteiger partial charge in [-0.25, -0.2) is 4.79 Å². The summed E-state index contributed by atoms with van der Waals surface area (Å²) in [6.45, 7) is 2.58. The molecule has 5 heteroatoms. The van der Waals surface area contributed by atoms with Crippen molar-refractivity contribution in [1.82, 2.24) is 4.57 Å². The molecule has 0 bridgehead atoms. The molecule has 0 unspecified atom stereocenters. The highest BCUT2D eigenvalue weighted by molar-refractivity contribution is 7.99. The van der Waals surface area contributed by atoms with Crippen LogP contribution in [0.3, 0.4) is 0 Å². The molecule has 1 aromatic rings. The minimum Gasteiger partial charge on any atom is -0.461 e. The molecule has 0 radical (unpaired) electrons. The number of anilines is 1. The van der Waals surface area contributed by atoms with Gasteiger partial charge in [-0.05, 0) is 24.0 Å². The SMILES string of the molecule is CCSCCCOC(=O)c1cc(N)cn1C. The fourth-order valence-corrected chi connectivity index (χ4v) is 1.95. The van der Waals surface area contributed by atoms with Gasteiger partial charge < -0.3 is 15.0 Å². The van der Waals surface area contributed by atoms with Gasteiger partial charge in [-0.2, -0.15) is 11.8 Å². The fraction of sp³-hybridized carbons (Fsp3) is 0.545. The number of nitrogens with two attached hydrogens (primary N) is 1. The fourth-order valence-electron chi connectivity index (χ4n) is 1.34. The second kappa shape index (κ2) is 6.48. The first-order valence-corrected chi connectivity index (χ1v) is 6.47. The highest BCUT2D eigenvalue weighted by Crippen LogP contribution is 2.10. The Morgan fingerprint density at radius 2 is 2.38 bits per heavy atom. The molecular formula is C11H18N2O2S. The quantitative estimate of drug-likeness (QED) is 0.611. The van der Waals surface area contributed by atoms with Crippen molar-refractivity contribution in [3.05, 3.63) is 18.0 Å². The van der Waals surface area contributed by atoms with Crippen molar-refractivity contribution in [3.63, 3.8) is 0 Å². The molecule has 0 amide bonds. The molecule has 2 N–H and O–H groups in total. The first-order chi connectivity index (χ1) is 7.65. The number of rotatable bonds is 6. The van der Waals surface area contributed by atoms with Crippen LogP contribution in [0.15, 0.2) is 12.3 Å². The van der Waals surface area contributed by atoms with Crippen LogP contribution in [-0.2, 0) is 11.8 Å². The van der Waals surface area contributed by atoms with E-state index in [1.807, 2.05) is 11.8 Å². The molecule has 1 rings (SSSR count). The summed E-state index contributed by atoms with van der Waals surface area (Å²) in [6.07, 6.45) is 2.59. The zero-order valence-corrected chi connectivity index (χ0v) is 10.5. The number of aromatic nitrogens is 1. The van der Waals surface area contributed by atoms with Crippen LogP contribution >= 0.6 is 11.8 Å². The number of hydrogen-bond donors (Lipinski definition) is 1. The lowest BCUT2D eigenvalue weighted by atomic mass is 10.4. The summed E-state index contributed by atoms with van der Waals surface area (Å²) in [5.41, 5.74) is 6.66. The first kappa shape index (κ1) is 13.0. The molecule has 0 spiro atoms. The van der Waals surface area contributed by atoms with E-state index >= 15 is 0 Å². The highest BCUT2D eigenvalue weighted by atomic mass is 32.2. The molecule has 0 saturated heterocycles. The van der Waals surface area contributed by atoms with Crippen molar-refractivity contribution in [2.24, 2.45) is 7.05 Å². The Bertz CT molecular complexity index is 350. The molecular weight excluding hydrogens is 224 g/mol. The average molecular weight is 242 g/mol. The largest absolute Gasteiger partial charge is 0.461 e. The molecule has 0 atom stereocenters. The van der Waals surface area contributed by atoms with E-state index in [2.05, 4.69) is 6.92 Å². The second-order valence-electron chi connectivity index (χ2n) is 3.46. The monoisotopic (exact) mass is 242 g/mol. The zero-order valence-electron chi connectivity index (χ0n) is 9.73. The number of esters is 1. The number of thioether (sulfide) groups is 1.